The molecule has 0 aliphatic heterocycles. The van der Waals surface area contributed by atoms with Crippen molar-refractivity contribution in [2.75, 3.05) is 0 Å². The van der Waals surface area contributed by atoms with Crippen molar-refractivity contribution in [2.45, 2.75) is 0 Å². The van der Waals surface area contributed by atoms with Gasteiger partial charge in [-0.2, -0.15) is 0 Å². The predicted molar refractivity (Wildman–Crippen MR) is 32.7 cm³/mol. The number of carbonyl (C=O) groups excluding carboxylic acids is 1. The number of primary amides is 1. The average Bonchev–Trinajstić information content (AvgIpc) is 1.38. The maximum absolute atomic E-state index is 9.35. The molecule has 0 saturated heterocycles. The van der Waals surface area contributed by atoms with Gasteiger partial charge in [-0.05, 0) is 0 Å². The predicted octanol–water partition coefficient (Wildman–Crippen LogP) is -1.97. The molecule has 5 N–H and O–H groups in total. The molecule has 0 saturated carbocycles. The van der Waals surface area contributed by atoms with Gasteiger partial charge < -0.3 is 5.73 Å². The molecule has 0 heterocycles. The first-order valence-corrected chi connectivity index (χ1v) is 1.03. The van der Waals surface area contributed by atoms with E-state index < -0.39 is 6.03 Å². The SMILES string of the molecule is Cl.NNC(N)=O.[CaH2]. The molecule has 0 rings (SSSR count). The van der Waals surface area contributed by atoms with Gasteiger partial charge in [0.2, 0.25) is 0 Å². The fraction of sp³-hybridized carbons (Fsp3) is 0. The van der Waals surface area contributed by atoms with Gasteiger partial charge in [-0.25, -0.2) is 10.6 Å². The zero-order chi connectivity index (χ0) is 4.28. The van der Waals surface area contributed by atoms with Crippen molar-refractivity contribution in [1.29, 1.82) is 0 Å². The number of urea groups is 1. The Labute approximate surface area is 77.4 Å². The number of halogens is 1. The van der Waals surface area contributed by atoms with Crippen LogP contribution in [0.2, 0.25) is 0 Å². The quantitative estimate of drug-likeness (QED) is 0.163. The van der Waals surface area contributed by atoms with Crippen LogP contribution < -0.4 is 17.0 Å². The summed E-state index contributed by atoms with van der Waals surface area (Å²) in [5.74, 6) is 4.45. The Hall–Kier alpha value is 0.780. The summed E-state index contributed by atoms with van der Waals surface area (Å²) in [5.41, 5.74) is 6.08. The van der Waals surface area contributed by atoms with Gasteiger partial charge in [-0.1, -0.05) is 0 Å². The van der Waals surface area contributed by atoms with Crippen LogP contribution in [0.5, 0.6) is 0 Å². The number of hydrogen-bond donors (Lipinski definition) is 3. The summed E-state index contributed by atoms with van der Waals surface area (Å²) in [6.07, 6.45) is 0. The molecule has 0 spiro atoms. The third-order valence-electron chi connectivity index (χ3n) is 0.142. The molecular weight excluding hydrogens is 146 g/mol. The van der Waals surface area contributed by atoms with Gasteiger partial charge in [-0.3, -0.25) is 5.43 Å². The number of hydrogen-bond acceptors (Lipinski definition) is 2. The Morgan fingerprint density at radius 2 is 1.71 bits per heavy atom. The van der Waals surface area contributed by atoms with Crippen LogP contribution in [0.25, 0.3) is 0 Å². The van der Waals surface area contributed by atoms with Crippen molar-refractivity contribution >= 4 is 56.2 Å². The first-order valence-electron chi connectivity index (χ1n) is 1.03. The first kappa shape index (κ1) is 15.7. The van der Waals surface area contributed by atoms with Crippen LogP contribution in [0, 0.1) is 0 Å². The van der Waals surface area contributed by atoms with Crippen LogP contribution in [0.1, 0.15) is 0 Å². The molecule has 6 heteroatoms. The van der Waals surface area contributed by atoms with E-state index in [4.69, 9.17) is 0 Å². The molecule has 42 valence electrons. The molecule has 0 aromatic rings. The molecule has 0 aliphatic rings. The molecule has 0 unspecified atom stereocenters. The van der Waals surface area contributed by atoms with E-state index in [-0.39, 0.29) is 50.1 Å². The van der Waals surface area contributed by atoms with Crippen LogP contribution in [-0.2, 0) is 0 Å². The van der Waals surface area contributed by atoms with E-state index in [1.165, 1.54) is 0 Å². The molecule has 0 aromatic heterocycles. The molecule has 0 fully saturated rings. The Bertz CT molecular complexity index is 50.2. The van der Waals surface area contributed by atoms with Gasteiger partial charge in [0.15, 0.2) is 0 Å². The van der Waals surface area contributed by atoms with E-state index in [1.54, 1.807) is 5.43 Å². The number of amides is 2. The molecule has 0 aromatic carbocycles. The van der Waals surface area contributed by atoms with Gasteiger partial charge in [0.05, 0.1) is 0 Å². The van der Waals surface area contributed by atoms with E-state index in [2.05, 4.69) is 11.6 Å². The number of carbonyl (C=O) groups is 1. The van der Waals surface area contributed by atoms with E-state index in [9.17, 15) is 4.79 Å². The normalized spacial score (nSPS) is 4.71. The van der Waals surface area contributed by atoms with Crippen LogP contribution in [0.15, 0.2) is 0 Å². The summed E-state index contributed by atoms with van der Waals surface area (Å²) in [4.78, 5) is 9.35. The van der Waals surface area contributed by atoms with E-state index in [1.807, 2.05) is 0 Å². The minimum absolute atomic E-state index is 0. The summed E-state index contributed by atoms with van der Waals surface area (Å²) in [6.45, 7) is 0. The fourth-order valence-electron chi connectivity index (χ4n) is 0. The second-order valence-electron chi connectivity index (χ2n) is 0.509. The van der Waals surface area contributed by atoms with Gasteiger partial charge in [0, 0.05) is 0 Å². The standard InChI is InChI=1S/CH5N3O.Ca.ClH.2H/c2-1(5)4-3;;;;/h3H2,(H3,2,4,5);;1H;;. The van der Waals surface area contributed by atoms with Crippen molar-refractivity contribution in [3.8, 4) is 0 Å². The second-order valence-corrected chi connectivity index (χ2v) is 0.509. The summed E-state index contributed by atoms with van der Waals surface area (Å²) in [7, 11) is 0. The van der Waals surface area contributed by atoms with Crippen molar-refractivity contribution in [1.82, 2.24) is 5.43 Å². The summed E-state index contributed by atoms with van der Waals surface area (Å²) >= 11 is 0. The van der Waals surface area contributed by atoms with E-state index >= 15 is 0 Å². The van der Waals surface area contributed by atoms with Crippen molar-refractivity contribution < 1.29 is 4.79 Å². The number of hydrazine groups is 1. The molecule has 7 heavy (non-hydrogen) atoms. The number of nitrogens with two attached hydrogens (primary N) is 2. The molecule has 0 aliphatic carbocycles. The zero-order valence-corrected chi connectivity index (χ0v) is 3.79. The third-order valence-corrected chi connectivity index (χ3v) is 0.142. The molecule has 0 atom stereocenters. The zero-order valence-electron chi connectivity index (χ0n) is 2.97. The van der Waals surface area contributed by atoms with Crippen LogP contribution >= 0.6 is 12.4 Å². The molecule has 2 amide bonds. The second kappa shape index (κ2) is 9.91. The summed E-state index contributed by atoms with van der Waals surface area (Å²) in [6, 6.07) is -0.718. The molecule has 4 nitrogen and oxygen atoms in total. The van der Waals surface area contributed by atoms with Gasteiger partial charge in [-0.15, -0.1) is 12.4 Å². The maximum atomic E-state index is 9.35. The monoisotopic (exact) mass is 153 g/mol. The van der Waals surface area contributed by atoms with E-state index in [0.717, 1.165) is 0 Å². The van der Waals surface area contributed by atoms with Gasteiger partial charge >= 0.3 is 43.8 Å². The van der Waals surface area contributed by atoms with Crippen LogP contribution in [0.3, 0.4) is 0 Å². The Morgan fingerprint density at radius 1 is 1.57 bits per heavy atom. The van der Waals surface area contributed by atoms with Crippen LogP contribution in [-0.4, -0.2) is 43.8 Å². The van der Waals surface area contributed by atoms with Crippen molar-refractivity contribution in [3.05, 3.63) is 0 Å². The first-order chi connectivity index (χ1) is 2.27. The fourth-order valence-corrected chi connectivity index (χ4v) is 0. The van der Waals surface area contributed by atoms with Gasteiger partial charge in [0.1, 0.15) is 0 Å². The Kier molecular flexibility index (Phi) is 22.2. The molecule has 0 radical (unpaired) electrons. The summed E-state index contributed by atoms with van der Waals surface area (Å²) in [5, 5.41) is 0. The minimum atomic E-state index is -0.718. The van der Waals surface area contributed by atoms with Crippen LogP contribution in [0.4, 0.5) is 4.79 Å². The van der Waals surface area contributed by atoms with Crippen molar-refractivity contribution in [2.24, 2.45) is 11.6 Å². The number of nitrogens with one attached hydrogen (secondary N) is 1. The number of rotatable bonds is 0. The molecule has 0 bridgehead atoms. The van der Waals surface area contributed by atoms with Gasteiger partial charge in [0.25, 0.3) is 0 Å². The third kappa shape index (κ3) is 20.0. The Balaban J connectivity index is -0.0000000800. The van der Waals surface area contributed by atoms with Crippen molar-refractivity contribution in [3.63, 3.8) is 0 Å². The average molecular weight is 154 g/mol. The Morgan fingerprint density at radius 3 is 1.71 bits per heavy atom. The van der Waals surface area contributed by atoms with E-state index in [0.29, 0.717) is 0 Å². The summed E-state index contributed by atoms with van der Waals surface area (Å²) < 4.78 is 0. The topological polar surface area (TPSA) is 81.1 Å². The molecular formula is CH8CaClN3O.